The molecule has 4 nitrogen and oxygen atoms in total. The second kappa shape index (κ2) is 6.13. The zero-order valence-electron chi connectivity index (χ0n) is 10.8. The minimum Gasteiger partial charge on any atom is -0.462 e. The lowest BCUT2D eigenvalue weighted by atomic mass is 10.3. The zero-order chi connectivity index (χ0) is 15.5. The predicted octanol–water partition coefficient (Wildman–Crippen LogP) is 4.13. The number of hydrogen-bond donors (Lipinski definition) is 0. The number of thiazole rings is 1. The van der Waals surface area contributed by atoms with Crippen molar-refractivity contribution in [2.45, 2.75) is 13.1 Å². The number of esters is 1. The summed E-state index contributed by atoms with van der Waals surface area (Å²) in [4.78, 5) is 14.3. The van der Waals surface area contributed by atoms with Gasteiger partial charge in [-0.1, -0.05) is 29.5 Å². The number of aromatic nitrogens is 1. The number of nitrogens with zero attached hydrogens (tertiary/aromatic N) is 1. The van der Waals surface area contributed by atoms with E-state index in [1.54, 1.807) is 30.3 Å². The molecule has 0 saturated carbocycles. The van der Waals surface area contributed by atoms with Crippen LogP contribution in [0, 0.1) is 0 Å². The van der Waals surface area contributed by atoms with Crippen LogP contribution < -0.4 is 4.74 Å². The Labute approximate surface area is 122 Å². The fourth-order valence-corrected chi connectivity index (χ4v) is 2.31. The molecule has 2 aromatic rings. The standard InChI is InChI=1S/C13H10F3NO3S/c1-2-19-11(18)9-10(13(14,15)16)17-12(21-9)20-8-6-4-3-5-7-8/h3-7H,2H2,1H3. The quantitative estimate of drug-likeness (QED) is 0.796. The van der Waals surface area contributed by atoms with E-state index in [2.05, 4.69) is 9.72 Å². The third kappa shape index (κ3) is 3.72. The normalized spacial score (nSPS) is 11.2. The van der Waals surface area contributed by atoms with E-state index in [0.717, 1.165) is 0 Å². The maximum absolute atomic E-state index is 12.9. The van der Waals surface area contributed by atoms with Crippen LogP contribution in [0.3, 0.4) is 0 Å². The van der Waals surface area contributed by atoms with E-state index in [0.29, 0.717) is 17.1 Å². The van der Waals surface area contributed by atoms with Gasteiger partial charge < -0.3 is 9.47 Å². The highest BCUT2D eigenvalue weighted by molar-refractivity contribution is 7.15. The first kappa shape index (κ1) is 15.3. The first-order chi connectivity index (χ1) is 9.91. The average Bonchev–Trinajstić information content (AvgIpc) is 2.84. The molecule has 8 heteroatoms. The lowest BCUT2D eigenvalue weighted by Crippen LogP contribution is -2.13. The maximum Gasteiger partial charge on any atom is 0.435 e. The van der Waals surface area contributed by atoms with E-state index in [1.165, 1.54) is 6.92 Å². The van der Waals surface area contributed by atoms with Crippen LogP contribution in [-0.2, 0) is 10.9 Å². The third-order valence-electron chi connectivity index (χ3n) is 2.29. The molecule has 2 rings (SSSR count). The Morgan fingerprint density at radius 3 is 2.52 bits per heavy atom. The number of carbonyl (C=O) groups excluding carboxylic acids is 1. The van der Waals surface area contributed by atoms with E-state index in [4.69, 9.17) is 4.74 Å². The molecule has 0 radical (unpaired) electrons. The lowest BCUT2D eigenvalue weighted by Gasteiger charge is -2.04. The Morgan fingerprint density at radius 1 is 1.29 bits per heavy atom. The topological polar surface area (TPSA) is 48.4 Å². The molecular weight excluding hydrogens is 307 g/mol. The van der Waals surface area contributed by atoms with Crippen molar-refractivity contribution in [3.05, 3.63) is 40.9 Å². The van der Waals surface area contributed by atoms with E-state index in [1.807, 2.05) is 0 Å². The van der Waals surface area contributed by atoms with Gasteiger partial charge in [0.1, 0.15) is 10.6 Å². The molecule has 0 unspecified atom stereocenters. The van der Waals surface area contributed by atoms with Gasteiger partial charge in [0, 0.05) is 0 Å². The van der Waals surface area contributed by atoms with Crippen molar-refractivity contribution in [2.75, 3.05) is 6.61 Å². The summed E-state index contributed by atoms with van der Waals surface area (Å²) in [5.41, 5.74) is -1.29. The molecule has 0 saturated heterocycles. The summed E-state index contributed by atoms with van der Waals surface area (Å²) in [6.45, 7) is 1.48. The molecule has 0 fully saturated rings. The van der Waals surface area contributed by atoms with Crippen LogP contribution in [0.5, 0.6) is 10.9 Å². The Hall–Kier alpha value is -2.09. The summed E-state index contributed by atoms with van der Waals surface area (Å²) in [6.07, 6.45) is -4.75. The molecule has 21 heavy (non-hydrogen) atoms. The van der Waals surface area contributed by atoms with Gasteiger partial charge >= 0.3 is 12.1 Å². The second-order valence-corrected chi connectivity index (χ2v) is 4.75. The smallest absolute Gasteiger partial charge is 0.435 e. The maximum atomic E-state index is 12.9. The van der Waals surface area contributed by atoms with Crippen LogP contribution in [0.2, 0.25) is 0 Å². The number of halogens is 3. The summed E-state index contributed by atoms with van der Waals surface area (Å²) < 4.78 is 48.5. The fraction of sp³-hybridized carbons (Fsp3) is 0.231. The minimum atomic E-state index is -4.75. The molecule has 0 spiro atoms. The molecular formula is C13H10F3NO3S. The van der Waals surface area contributed by atoms with Crippen LogP contribution in [0.4, 0.5) is 13.2 Å². The van der Waals surface area contributed by atoms with E-state index >= 15 is 0 Å². The number of alkyl halides is 3. The van der Waals surface area contributed by atoms with Crippen LogP contribution in [0.25, 0.3) is 0 Å². The van der Waals surface area contributed by atoms with Crippen molar-refractivity contribution in [3.63, 3.8) is 0 Å². The van der Waals surface area contributed by atoms with Crippen molar-refractivity contribution >= 4 is 17.3 Å². The summed E-state index contributed by atoms with van der Waals surface area (Å²) in [7, 11) is 0. The van der Waals surface area contributed by atoms with Gasteiger partial charge in [0.25, 0.3) is 5.19 Å². The van der Waals surface area contributed by atoms with Crippen LogP contribution >= 0.6 is 11.3 Å². The highest BCUT2D eigenvalue weighted by Gasteiger charge is 2.40. The third-order valence-corrected chi connectivity index (χ3v) is 3.20. The van der Waals surface area contributed by atoms with Crippen LogP contribution in [0.15, 0.2) is 30.3 Å². The van der Waals surface area contributed by atoms with Crippen molar-refractivity contribution < 1.29 is 27.4 Å². The van der Waals surface area contributed by atoms with E-state index in [9.17, 15) is 18.0 Å². The first-order valence-electron chi connectivity index (χ1n) is 5.90. The van der Waals surface area contributed by atoms with Gasteiger partial charge in [-0.3, -0.25) is 0 Å². The average molecular weight is 317 g/mol. The van der Waals surface area contributed by atoms with Gasteiger partial charge in [-0.15, -0.1) is 0 Å². The number of ether oxygens (including phenoxy) is 2. The highest BCUT2D eigenvalue weighted by Crippen LogP contribution is 2.38. The zero-order valence-corrected chi connectivity index (χ0v) is 11.6. The van der Waals surface area contributed by atoms with Gasteiger partial charge in [0.15, 0.2) is 5.69 Å². The summed E-state index contributed by atoms with van der Waals surface area (Å²) in [5.74, 6) is -0.736. The monoisotopic (exact) mass is 317 g/mol. The molecule has 1 aromatic heterocycles. The Balaban J connectivity index is 2.34. The van der Waals surface area contributed by atoms with E-state index in [-0.39, 0.29) is 11.8 Å². The Morgan fingerprint density at radius 2 is 1.95 bits per heavy atom. The second-order valence-electron chi connectivity index (χ2n) is 3.79. The molecule has 112 valence electrons. The number of carbonyl (C=O) groups is 1. The minimum absolute atomic E-state index is 0.0249. The number of benzene rings is 1. The molecule has 0 aliphatic heterocycles. The number of para-hydroxylation sites is 1. The van der Waals surface area contributed by atoms with Gasteiger partial charge in [0.2, 0.25) is 0 Å². The molecule has 0 atom stereocenters. The summed E-state index contributed by atoms with van der Waals surface area (Å²) in [6, 6.07) is 8.21. The molecule has 0 N–H and O–H groups in total. The first-order valence-corrected chi connectivity index (χ1v) is 6.71. The van der Waals surface area contributed by atoms with Crippen molar-refractivity contribution in [1.82, 2.24) is 4.98 Å². The Kier molecular flexibility index (Phi) is 4.46. The summed E-state index contributed by atoms with van der Waals surface area (Å²) >= 11 is 0.501. The van der Waals surface area contributed by atoms with E-state index < -0.39 is 22.7 Å². The van der Waals surface area contributed by atoms with Gasteiger partial charge in [-0.25, -0.2) is 4.79 Å². The van der Waals surface area contributed by atoms with Gasteiger partial charge in [-0.2, -0.15) is 18.2 Å². The highest BCUT2D eigenvalue weighted by atomic mass is 32.1. The number of rotatable bonds is 4. The number of hydrogen-bond acceptors (Lipinski definition) is 5. The molecule has 1 heterocycles. The molecule has 0 aliphatic rings. The van der Waals surface area contributed by atoms with Crippen LogP contribution in [0.1, 0.15) is 22.3 Å². The molecule has 0 amide bonds. The summed E-state index contributed by atoms with van der Waals surface area (Å²) in [5, 5.41) is -0.267. The SMILES string of the molecule is CCOC(=O)c1sc(Oc2ccccc2)nc1C(F)(F)F. The Bertz CT molecular complexity index is 625. The van der Waals surface area contributed by atoms with Gasteiger partial charge in [0.05, 0.1) is 6.61 Å². The molecule has 0 bridgehead atoms. The predicted molar refractivity (Wildman–Crippen MR) is 69.6 cm³/mol. The van der Waals surface area contributed by atoms with Crippen molar-refractivity contribution in [2.24, 2.45) is 0 Å². The van der Waals surface area contributed by atoms with Gasteiger partial charge in [-0.05, 0) is 19.1 Å². The lowest BCUT2D eigenvalue weighted by molar-refractivity contribution is -0.141. The van der Waals surface area contributed by atoms with Crippen LogP contribution in [-0.4, -0.2) is 17.6 Å². The van der Waals surface area contributed by atoms with Crippen molar-refractivity contribution in [3.8, 4) is 10.9 Å². The fourth-order valence-electron chi connectivity index (χ4n) is 1.46. The molecule has 0 aliphatic carbocycles. The largest absolute Gasteiger partial charge is 0.462 e. The van der Waals surface area contributed by atoms with Crippen molar-refractivity contribution in [1.29, 1.82) is 0 Å². The molecule has 1 aromatic carbocycles.